The van der Waals surface area contributed by atoms with Crippen LogP contribution in [0.25, 0.3) is 10.9 Å². The maximum absolute atomic E-state index is 14.2. The second-order valence-electron chi connectivity index (χ2n) is 16.0. The van der Waals surface area contributed by atoms with Crippen LogP contribution in [0.15, 0.2) is 54.7 Å². The van der Waals surface area contributed by atoms with Gasteiger partial charge in [0.15, 0.2) is 0 Å². The summed E-state index contributed by atoms with van der Waals surface area (Å²) < 4.78 is 0. The molecule has 4 heterocycles. The summed E-state index contributed by atoms with van der Waals surface area (Å²) in [5, 5.41) is 38.6. The molecule has 1 aromatic heterocycles. The molecule has 0 saturated carbocycles. The molecular formula is C42H54N8O10. The van der Waals surface area contributed by atoms with Crippen molar-refractivity contribution < 1.29 is 48.9 Å². The topological polar surface area (TPSA) is 268 Å². The van der Waals surface area contributed by atoms with Crippen LogP contribution in [0.3, 0.4) is 0 Å². The molecule has 18 heteroatoms. The number of H-pyrrole nitrogens is 1. The Kier molecular flexibility index (Phi) is 13.7. The Labute approximate surface area is 346 Å². The first-order valence-corrected chi connectivity index (χ1v) is 20.5. The van der Waals surface area contributed by atoms with Gasteiger partial charge in [-0.1, -0.05) is 30.3 Å². The molecule has 3 aliphatic heterocycles. The normalized spacial score (nSPS) is 21.5. The number of carboxylic acids is 1. The summed E-state index contributed by atoms with van der Waals surface area (Å²) in [5.74, 6) is -4.87. The molecule has 18 nitrogen and oxygen atoms in total. The zero-order valence-corrected chi connectivity index (χ0v) is 33.7. The third-order valence-corrected chi connectivity index (χ3v) is 11.7. The lowest BCUT2D eigenvalue weighted by atomic mass is 10.0. The van der Waals surface area contributed by atoms with Crippen LogP contribution in [0.4, 0.5) is 0 Å². The Hall–Kier alpha value is -6.01. The van der Waals surface area contributed by atoms with E-state index in [-0.39, 0.29) is 44.5 Å². The van der Waals surface area contributed by atoms with Gasteiger partial charge in [-0.15, -0.1) is 0 Å². The van der Waals surface area contributed by atoms with Crippen LogP contribution >= 0.6 is 0 Å². The number of aromatic amines is 1. The van der Waals surface area contributed by atoms with Gasteiger partial charge in [-0.2, -0.15) is 0 Å². The average Bonchev–Trinajstić information content (AvgIpc) is 4.07. The number of aliphatic carboxylic acids is 1. The maximum atomic E-state index is 14.2. The van der Waals surface area contributed by atoms with E-state index in [9.17, 15) is 48.9 Å². The summed E-state index contributed by atoms with van der Waals surface area (Å²) in [6.07, 6.45) is 2.97. The molecule has 60 heavy (non-hydrogen) atoms. The molecular weight excluding hydrogens is 777 g/mol. The van der Waals surface area contributed by atoms with Crippen molar-refractivity contribution in [2.75, 3.05) is 19.6 Å². The molecule has 0 bridgehead atoms. The molecule has 8 atom stereocenters. The number of nitrogens with two attached hydrogens (primary N) is 1. The van der Waals surface area contributed by atoms with Crippen molar-refractivity contribution in [1.29, 1.82) is 0 Å². The molecule has 3 aromatic rings. The van der Waals surface area contributed by atoms with E-state index in [4.69, 9.17) is 5.73 Å². The van der Waals surface area contributed by atoms with Crippen LogP contribution in [0.5, 0.6) is 5.75 Å². The number of benzene rings is 2. The number of para-hydroxylation sites is 1. The minimum Gasteiger partial charge on any atom is -0.508 e. The van der Waals surface area contributed by atoms with Crippen molar-refractivity contribution in [2.24, 2.45) is 5.73 Å². The number of aliphatic hydroxyl groups excluding tert-OH is 1. The Morgan fingerprint density at radius 3 is 2.00 bits per heavy atom. The van der Waals surface area contributed by atoms with Crippen molar-refractivity contribution in [3.8, 4) is 5.75 Å². The fraction of sp³-hybridized carbons (Fsp3) is 0.500. The highest BCUT2D eigenvalue weighted by molar-refractivity contribution is 5.98. The number of hydrogen-bond donors (Lipinski definition) is 8. The molecule has 6 amide bonds. The first-order chi connectivity index (χ1) is 28.6. The third-order valence-electron chi connectivity index (χ3n) is 11.7. The number of aliphatic hydroxyl groups is 1. The number of rotatable bonds is 15. The Balaban J connectivity index is 1.10. The highest BCUT2D eigenvalue weighted by Gasteiger charge is 2.46. The number of phenolic OH excluding ortho intramolecular Hbond substituents is 1. The number of nitrogens with zero attached hydrogens (tertiary/aromatic N) is 3. The van der Waals surface area contributed by atoms with Gasteiger partial charge in [-0.25, -0.2) is 0 Å². The van der Waals surface area contributed by atoms with Crippen molar-refractivity contribution in [3.05, 3.63) is 65.9 Å². The number of phenols is 1. The minimum atomic E-state index is -1.44. The van der Waals surface area contributed by atoms with Gasteiger partial charge in [0.2, 0.25) is 35.4 Å². The van der Waals surface area contributed by atoms with Crippen molar-refractivity contribution in [2.45, 2.75) is 114 Å². The van der Waals surface area contributed by atoms with Gasteiger partial charge >= 0.3 is 5.97 Å². The second-order valence-corrected chi connectivity index (χ2v) is 16.0. The fourth-order valence-electron chi connectivity index (χ4n) is 8.46. The maximum Gasteiger partial charge on any atom is 0.325 e. The Morgan fingerprint density at radius 1 is 0.767 bits per heavy atom. The van der Waals surface area contributed by atoms with Crippen LogP contribution < -0.4 is 21.7 Å². The molecule has 6 rings (SSSR count). The van der Waals surface area contributed by atoms with E-state index in [1.807, 2.05) is 30.5 Å². The zero-order valence-electron chi connectivity index (χ0n) is 33.7. The summed E-state index contributed by atoms with van der Waals surface area (Å²) in [6, 6.07) is 5.86. The van der Waals surface area contributed by atoms with Crippen molar-refractivity contribution in [3.63, 3.8) is 0 Å². The van der Waals surface area contributed by atoms with Crippen molar-refractivity contribution >= 4 is 52.3 Å². The SMILES string of the molecule is C[C@H](NC(=O)[C@H](Cc1ccc(O)cc1)NC(=O)[C@@H]1CCCN1C(=O)[C@@H]1CCCN1C(=O)[C@@H](NC(=O)[C@@H]1CCCN1C(=O)[C@@H](N)Cc1c[nH]c2ccccc12)[C@@H](C)O)C(=O)O. The van der Waals surface area contributed by atoms with Crippen LogP contribution in [-0.2, 0) is 46.4 Å². The number of hydrogen-bond acceptors (Lipinski definition) is 10. The summed E-state index contributed by atoms with van der Waals surface area (Å²) in [4.78, 5) is 102. The number of likely N-dealkylation sites (tertiary alicyclic amines) is 3. The number of carbonyl (C=O) groups is 7. The van der Waals surface area contributed by atoms with Crippen LogP contribution in [0.2, 0.25) is 0 Å². The van der Waals surface area contributed by atoms with E-state index in [0.717, 1.165) is 16.5 Å². The van der Waals surface area contributed by atoms with E-state index < -0.39 is 89.8 Å². The standard InChI is InChI=1S/C42H54N8O10/c1-23(42(59)60)45-36(53)31(20-25-13-15-27(52)16-14-25)46-37(54)32-10-6-18-49(32)40(57)34-12-7-19-50(34)41(58)35(24(2)51)47-38(55)33-11-5-17-48(33)39(56)29(43)21-26-22-44-30-9-4-3-8-28(26)30/h3-4,8-9,13-16,22-24,29,31-35,44,51-52H,5-7,10-12,17-21,43H2,1-2H3,(H,45,53)(H,46,54)(H,47,55)(H,59,60)/t23-,24+,29-,31-,32-,33-,34-,35-/m0/s1. The van der Waals surface area contributed by atoms with Gasteiger partial charge in [-0.05, 0) is 88.1 Å². The van der Waals surface area contributed by atoms with Gasteiger partial charge in [-0.3, -0.25) is 33.6 Å². The number of carboxylic acid groups (broad SMARTS) is 1. The van der Waals surface area contributed by atoms with E-state index in [0.29, 0.717) is 37.8 Å². The van der Waals surface area contributed by atoms with Gasteiger partial charge < -0.3 is 56.7 Å². The lowest BCUT2D eigenvalue weighted by Gasteiger charge is -2.34. The quantitative estimate of drug-likeness (QED) is 0.100. The van der Waals surface area contributed by atoms with Gasteiger partial charge in [0.05, 0.1) is 12.1 Å². The van der Waals surface area contributed by atoms with Crippen LogP contribution in [-0.4, -0.2) is 144 Å². The lowest BCUT2D eigenvalue weighted by Crippen LogP contribution is -2.61. The number of nitrogens with one attached hydrogen (secondary N) is 4. The smallest absolute Gasteiger partial charge is 0.325 e. The van der Waals surface area contributed by atoms with Crippen LogP contribution in [0, 0.1) is 0 Å². The second kappa shape index (κ2) is 18.9. The highest BCUT2D eigenvalue weighted by Crippen LogP contribution is 2.27. The predicted molar refractivity (Wildman–Crippen MR) is 217 cm³/mol. The van der Waals surface area contributed by atoms with E-state index in [1.54, 1.807) is 12.1 Å². The molecule has 3 fully saturated rings. The summed E-state index contributed by atoms with van der Waals surface area (Å²) in [6.45, 7) is 3.29. The number of fused-ring (bicyclic) bond motifs is 1. The number of carbonyl (C=O) groups excluding carboxylic acids is 6. The average molecular weight is 831 g/mol. The fourth-order valence-corrected chi connectivity index (χ4v) is 8.46. The zero-order chi connectivity index (χ0) is 43.2. The van der Waals surface area contributed by atoms with E-state index in [2.05, 4.69) is 20.9 Å². The number of amides is 6. The molecule has 3 aliphatic rings. The molecule has 0 radical (unpaired) electrons. The molecule has 2 aromatic carbocycles. The number of aromatic hydroxyl groups is 1. The third kappa shape index (κ3) is 9.71. The van der Waals surface area contributed by atoms with E-state index in [1.165, 1.54) is 40.7 Å². The number of aromatic nitrogens is 1. The summed E-state index contributed by atoms with van der Waals surface area (Å²) in [7, 11) is 0. The monoisotopic (exact) mass is 830 g/mol. The molecule has 0 aliphatic carbocycles. The summed E-state index contributed by atoms with van der Waals surface area (Å²) in [5.41, 5.74) is 8.76. The largest absolute Gasteiger partial charge is 0.508 e. The minimum absolute atomic E-state index is 0.00369. The molecule has 0 spiro atoms. The van der Waals surface area contributed by atoms with Gasteiger partial charge in [0.1, 0.15) is 42.0 Å². The first kappa shape index (κ1) is 43.6. The summed E-state index contributed by atoms with van der Waals surface area (Å²) >= 11 is 0. The molecule has 3 saturated heterocycles. The predicted octanol–water partition coefficient (Wildman–Crippen LogP) is -0.101. The Morgan fingerprint density at radius 2 is 1.35 bits per heavy atom. The molecule has 0 unspecified atom stereocenters. The van der Waals surface area contributed by atoms with Crippen LogP contribution in [0.1, 0.15) is 63.5 Å². The van der Waals surface area contributed by atoms with Gasteiger partial charge in [0.25, 0.3) is 0 Å². The highest BCUT2D eigenvalue weighted by atomic mass is 16.4. The molecule has 9 N–H and O–H groups in total. The Bertz CT molecular complexity index is 2090. The van der Waals surface area contributed by atoms with Crippen molar-refractivity contribution in [1.82, 2.24) is 35.6 Å². The van der Waals surface area contributed by atoms with Gasteiger partial charge in [0, 0.05) is 43.2 Å². The first-order valence-electron chi connectivity index (χ1n) is 20.5. The van der Waals surface area contributed by atoms with E-state index >= 15 is 0 Å². The molecule has 322 valence electrons. The lowest BCUT2D eigenvalue weighted by molar-refractivity contribution is -0.150.